The van der Waals surface area contributed by atoms with E-state index in [1.54, 1.807) is 35.3 Å². The van der Waals surface area contributed by atoms with Gasteiger partial charge in [-0.1, -0.05) is 48.2 Å². The SMILES string of the molecule is CC1=Nc2nc(SCc3ccccc3F)nn2C(c2ccncc2)C1C(=O)Nc1ccccc1. The van der Waals surface area contributed by atoms with Gasteiger partial charge in [0, 0.05) is 29.5 Å². The fraction of sp³-hybridized carbons (Fsp3) is 0.160. The van der Waals surface area contributed by atoms with Crippen molar-refractivity contribution >= 4 is 35.0 Å². The average molecular weight is 473 g/mol. The summed E-state index contributed by atoms with van der Waals surface area (Å²) in [6, 6.07) is 19.2. The van der Waals surface area contributed by atoms with E-state index in [1.807, 2.05) is 49.4 Å². The Bertz CT molecular complexity index is 1340. The molecule has 1 N–H and O–H groups in total. The molecule has 0 spiro atoms. The zero-order valence-electron chi connectivity index (χ0n) is 18.3. The largest absolute Gasteiger partial charge is 0.325 e. The molecule has 0 aliphatic carbocycles. The monoisotopic (exact) mass is 472 g/mol. The summed E-state index contributed by atoms with van der Waals surface area (Å²) in [5.74, 6) is -0.243. The maximum Gasteiger partial charge on any atom is 0.249 e. The molecule has 170 valence electrons. The number of fused-ring (bicyclic) bond motifs is 1. The van der Waals surface area contributed by atoms with Crippen LogP contribution in [0.2, 0.25) is 0 Å². The van der Waals surface area contributed by atoms with Crippen LogP contribution in [0.1, 0.15) is 24.1 Å². The van der Waals surface area contributed by atoms with Crippen molar-refractivity contribution in [2.75, 3.05) is 5.32 Å². The predicted octanol–water partition coefficient (Wildman–Crippen LogP) is 5.05. The Morgan fingerprint density at radius 3 is 2.56 bits per heavy atom. The van der Waals surface area contributed by atoms with Crippen LogP contribution in [-0.2, 0) is 10.5 Å². The van der Waals surface area contributed by atoms with Crippen molar-refractivity contribution < 1.29 is 9.18 Å². The maximum absolute atomic E-state index is 14.0. The molecule has 2 aromatic heterocycles. The first-order valence-corrected chi connectivity index (χ1v) is 11.7. The van der Waals surface area contributed by atoms with Gasteiger partial charge < -0.3 is 5.32 Å². The number of hydrogen-bond acceptors (Lipinski definition) is 6. The lowest BCUT2D eigenvalue weighted by Gasteiger charge is -2.30. The Morgan fingerprint density at radius 2 is 1.79 bits per heavy atom. The zero-order chi connectivity index (χ0) is 23.5. The van der Waals surface area contributed by atoms with Crippen molar-refractivity contribution in [2.45, 2.75) is 23.9 Å². The van der Waals surface area contributed by atoms with Gasteiger partial charge >= 0.3 is 0 Å². The lowest BCUT2D eigenvalue weighted by atomic mass is 9.88. The fourth-order valence-electron chi connectivity index (χ4n) is 3.94. The number of nitrogens with one attached hydrogen (secondary N) is 1. The number of hydrogen-bond donors (Lipinski definition) is 1. The van der Waals surface area contributed by atoms with Gasteiger partial charge in [0.2, 0.25) is 17.0 Å². The number of carbonyl (C=O) groups excluding carboxylic acids is 1. The number of aromatic nitrogens is 4. The summed E-state index contributed by atoms with van der Waals surface area (Å²) in [5, 5.41) is 8.12. The molecule has 5 rings (SSSR count). The number of aliphatic imine (C=N–C) groups is 1. The number of anilines is 1. The molecule has 4 aromatic rings. The molecule has 34 heavy (non-hydrogen) atoms. The molecule has 2 atom stereocenters. The number of carbonyl (C=O) groups is 1. The van der Waals surface area contributed by atoms with E-state index in [-0.39, 0.29) is 11.7 Å². The van der Waals surface area contributed by atoms with Gasteiger partial charge in [0.15, 0.2) is 0 Å². The van der Waals surface area contributed by atoms with Crippen LogP contribution in [0.5, 0.6) is 0 Å². The number of pyridine rings is 1. The smallest absolute Gasteiger partial charge is 0.249 e. The van der Waals surface area contributed by atoms with Gasteiger partial charge in [0.05, 0.1) is 6.04 Å². The van der Waals surface area contributed by atoms with Gasteiger partial charge in [-0.25, -0.2) is 14.1 Å². The maximum atomic E-state index is 14.0. The summed E-state index contributed by atoms with van der Waals surface area (Å²) in [6.07, 6.45) is 3.38. The van der Waals surface area contributed by atoms with Gasteiger partial charge in [-0.2, -0.15) is 4.98 Å². The van der Waals surface area contributed by atoms with Crippen molar-refractivity contribution in [3.05, 3.63) is 96.1 Å². The topological polar surface area (TPSA) is 85.1 Å². The fourth-order valence-corrected chi connectivity index (χ4v) is 4.75. The van der Waals surface area contributed by atoms with E-state index in [2.05, 4.69) is 25.4 Å². The number of benzene rings is 2. The van der Waals surface area contributed by atoms with Crippen LogP contribution in [0.3, 0.4) is 0 Å². The van der Waals surface area contributed by atoms with Crippen molar-refractivity contribution in [3.63, 3.8) is 0 Å². The third-order valence-electron chi connectivity index (χ3n) is 5.59. The highest BCUT2D eigenvalue weighted by molar-refractivity contribution is 7.98. The molecule has 1 amide bonds. The molecule has 3 heterocycles. The van der Waals surface area contributed by atoms with E-state index in [0.717, 1.165) is 5.56 Å². The molecule has 0 radical (unpaired) electrons. The minimum atomic E-state index is -0.596. The number of rotatable bonds is 6. The van der Waals surface area contributed by atoms with E-state index in [1.165, 1.54) is 17.8 Å². The second-order valence-electron chi connectivity index (χ2n) is 7.83. The number of nitrogens with zero attached hydrogens (tertiary/aromatic N) is 5. The lowest BCUT2D eigenvalue weighted by molar-refractivity contribution is -0.118. The number of para-hydroxylation sites is 1. The van der Waals surface area contributed by atoms with E-state index in [4.69, 9.17) is 0 Å². The minimum Gasteiger partial charge on any atom is -0.325 e. The van der Waals surface area contributed by atoms with Crippen LogP contribution in [-0.4, -0.2) is 31.4 Å². The normalized spacial score (nSPS) is 17.1. The lowest BCUT2D eigenvalue weighted by Crippen LogP contribution is -2.39. The Hall–Kier alpha value is -3.85. The summed E-state index contributed by atoms with van der Waals surface area (Å²) in [5.41, 5.74) is 2.79. The minimum absolute atomic E-state index is 0.184. The van der Waals surface area contributed by atoms with E-state index in [0.29, 0.717) is 33.8 Å². The van der Waals surface area contributed by atoms with Gasteiger partial charge in [-0.3, -0.25) is 9.78 Å². The summed E-state index contributed by atoms with van der Waals surface area (Å²) < 4.78 is 15.7. The number of thioether (sulfide) groups is 1. The van der Waals surface area contributed by atoms with Crippen LogP contribution in [0.4, 0.5) is 16.0 Å². The summed E-state index contributed by atoms with van der Waals surface area (Å²) in [7, 11) is 0. The highest BCUT2D eigenvalue weighted by Crippen LogP contribution is 2.37. The molecule has 1 aliphatic rings. The summed E-state index contributed by atoms with van der Waals surface area (Å²) >= 11 is 1.33. The molecule has 1 aliphatic heterocycles. The summed E-state index contributed by atoms with van der Waals surface area (Å²) in [6.45, 7) is 1.83. The number of halogens is 1. The molecule has 0 fully saturated rings. The highest BCUT2D eigenvalue weighted by Gasteiger charge is 2.39. The predicted molar refractivity (Wildman–Crippen MR) is 130 cm³/mol. The second kappa shape index (κ2) is 9.56. The Morgan fingerprint density at radius 1 is 1.06 bits per heavy atom. The average Bonchev–Trinajstić information content (AvgIpc) is 3.26. The van der Waals surface area contributed by atoms with Crippen molar-refractivity contribution in [1.29, 1.82) is 0 Å². The summed E-state index contributed by atoms with van der Waals surface area (Å²) in [4.78, 5) is 26.7. The Labute approximate surface area is 200 Å². The molecular weight excluding hydrogens is 451 g/mol. The molecule has 0 bridgehead atoms. The van der Waals surface area contributed by atoms with Gasteiger partial charge in [0.1, 0.15) is 11.7 Å². The van der Waals surface area contributed by atoms with Gasteiger partial charge in [-0.15, -0.1) is 5.10 Å². The van der Waals surface area contributed by atoms with Gasteiger partial charge in [0.25, 0.3) is 0 Å². The van der Waals surface area contributed by atoms with Crippen LogP contribution >= 0.6 is 11.8 Å². The first kappa shape index (κ1) is 22.0. The molecule has 2 aromatic carbocycles. The Balaban J connectivity index is 1.48. The van der Waals surface area contributed by atoms with E-state index < -0.39 is 12.0 Å². The third-order valence-corrected chi connectivity index (χ3v) is 6.47. The third kappa shape index (κ3) is 4.47. The van der Waals surface area contributed by atoms with Crippen LogP contribution in [0, 0.1) is 11.7 Å². The van der Waals surface area contributed by atoms with E-state index >= 15 is 0 Å². The highest BCUT2D eigenvalue weighted by atomic mass is 32.2. The van der Waals surface area contributed by atoms with Gasteiger partial charge in [-0.05, 0) is 48.4 Å². The molecule has 2 unspecified atom stereocenters. The van der Waals surface area contributed by atoms with Crippen molar-refractivity contribution in [1.82, 2.24) is 19.7 Å². The standard InChI is InChI=1S/C25H21FN6OS/c1-16-21(23(33)29-19-8-3-2-4-9-19)22(17-11-13-27-14-12-17)32-24(28-16)30-25(31-32)34-15-18-7-5-6-10-20(18)26/h2-14,21-22H,15H2,1H3,(H,29,33). The molecule has 7 nitrogen and oxygen atoms in total. The van der Waals surface area contributed by atoms with E-state index in [9.17, 15) is 9.18 Å². The first-order chi connectivity index (χ1) is 16.6. The van der Waals surface area contributed by atoms with Crippen molar-refractivity contribution in [3.8, 4) is 0 Å². The van der Waals surface area contributed by atoms with Crippen LogP contribution in [0.15, 0.2) is 89.3 Å². The quantitative estimate of drug-likeness (QED) is 0.397. The zero-order valence-corrected chi connectivity index (χ0v) is 19.1. The van der Waals surface area contributed by atoms with Crippen LogP contribution < -0.4 is 5.32 Å². The molecular formula is C25H21FN6OS. The van der Waals surface area contributed by atoms with Crippen molar-refractivity contribution in [2.24, 2.45) is 10.9 Å². The first-order valence-electron chi connectivity index (χ1n) is 10.7. The molecule has 0 saturated heterocycles. The second-order valence-corrected chi connectivity index (χ2v) is 8.77. The van der Waals surface area contributed by atoms with Crippen LogP contribution in [0.25, 0.3) is 0 Å². The number of amides is 1. The molecule has 9 heteroatoms. The Kier molecular flexibility index (Phi) is 6.18. The molecule has 0 saturated carbocycles.